The van der Waals surface area contributed by atoms with Gasteiger partial charge < -0.3 is 9.97 Å². The third-order valence-electron chi connectivity index (χ3n) is 3.55. The van der Waals surface area contributed by atoms with Crippen molar-refractivity contribution in [3.8, 4) is 0 Å². The lowest BCUT2D eigenvalue weighted by Gasteiger charge is -2.17. The van der Waals surface area contributed by atoms with E-state index in [9.17, 15) is 17.6 Å². The lowest BCUT2D eigenvalue weighted by molar-refractivity contribution is 0.456. The largest absolute Gasteiger partial charge is 0.323 e. The first-order chi connectivity index (χ1) is 10.9. The van der Waals surface area contributed by atoms with Crippen molar-refractivity contribution in [2.45, 2.75) is 11.4 Å². The summed E-state index contributed by atoms with van der Waals surface area (Å²) in [7, 11) is -2.42. The molecule has 23 heavy (non-hydrogen) atoms. The smallest absolute Gasteiger partial charge is 0.306 e. The summed E-state index contributed by atoms with van der Waals surface area (Å²) in [5.74, 6) is -0.458. The zero-order valence-electron chi connectivity index (χ0n) is 12.2. The van der Waals surface area contributed by atoms with E-state index in [1.165, 1.54) is 37.4 Å². The average molecular weight is 335 g/mol. The molecule has 0 fully saturated rings. The van der Waals surface area contributed by atoms with Gasteiger partial charge in [0.15, 0.2) is 0 Å². The van der Waals surface area contributed by atoms with Crippen LogP contribution in [0.5, 0.6) is 0 Å². The Bertz CT molecular complexity index is 1020. The van der Waals surface area contributed by atoms with Crippen LogP contribution in [0.2, 0.25) is 0 Å². The van der Waals surface area contributed by atoms with Gasteiger partial charge in [0.05, 0.1) is 15.9 Å². The highest BCUT2D eigenvalue weighted by Crippen LogP contribution is 2.20. The van der Waals surface area contributed by atoms with Crippen molar-refractivity contribution in [1.82, 2.24) is 14.3 Å². The van der Waals surface area contributed by atoms with Crippen LogP contribution in [0, 0.1) is 5.82 Å². The van der Waals surface area contributed by atoms with Crippen molar-refractivity contribution >= 4 is 21.1 Å². The Morgan fingerprint density at radius 2 is 1.78 bits per heavy atom. The average Bonchev–Trinajstić information content (AvgIpc) is 2.88. The third kappa shape index (κ3) is 2.90. The monoisotopic (exact) mass is 335 g/mol. The summed E-state index contributed by atoms with van der Waals surface area (Å²) >= 11 is 0. The highest BCUT2D eigenvalue weighted by Gasteiger charge is 2.22. The number of sulfonamides is 1. The molecule has 0 aliphatic heterocycles. The summed E-state index contributed by atoms with van der Waals surface area (Å²) in [6.45, 7) is -0.0866. The molecule has 2 aromatic carbocycles. The molecule has 0 saturated heterocycles. The molecule has 0 atom stereocenters. The van der Waals surface area contributed by atoms with Crippen LogP contribution >= 0.6 is 0 Å². The van der Waals surface area contributed by atoms with E-state index in [1.807, 2.05) is 0 Å². The number of fused-ring (bicyclic) bond motifs is 1. The Hall–Kier alpha value is -2.45. The predicted molar refractivity (Wildman–Crippen MR) is 84.0 cm³/mol. The molecule has 3 aromatic rings. The second-order valence-corrected chi connectivity index (χ2v) is 7.18. The van der Waals surface area contributed by atoms with Gasteiger partial charge in [-0.05, 0) is 24.3 Å². The van der Waals surface area contributed by atoms with E-state index < -0.39 is 21.5 Å². The number of imidazole rings is 1. The molecular formula is C15H14FN3O3S. The van der Waals surface area contributed by atoms with Gasteiger partial charge in [-0.2, -0.15) is 4.31 Å². The molecule has 2 N–H and O–H groups in total. The fourth-order valence-electron chi connectivity index (χ4n) is 2.30. The Kier molecular flexibility index (Phi) is 3.78. The van der Waals surface area contributed by atoms with E-state index in [2.05, 4.69) is 9.97 Å². The summed E-state index contributed by atoms with van der Waals surface area (Å²) < 4.78 is 40.0. The zero-order valence-corrected chi connectivity index (χ0v) is 13.0. The van der Waals surface area contributed by atoms with Crippen LogP contribution in [0.15, 0.2) is 52.2 Å². The second-order valence-electron chi connectivity index (χ2n) is 5.14. The molecule has 0 aliphatic rings. The maximum Gasteiger partial charge on any atom is 0.323 e. The first kappa shape index (κ1) is 15.4. The number of aromatic nitrogens is 2. The molecule has 0 saturated carbocycles. The summed E-state index contributed by atoms with van der Waals surface area (Å²) in [6, 6.07) is 10.3. The summed E-state index contributed by atoms with van der Waals surface area (Å²) in [4.78, 5) is 16.3. The maximum atomic E-state index is 13.7. The molecular weight excluding hydrogens is 321 g/mol. The lowest BCUT2D eigenvalue weighted by atomic mass is 10.2. The van der Waals surface area contributed by atoms with Crippen molar-refractivity contribution in [2.24, 2.45) is 0 Å². The van der Waals surface area contributed by atoms with Gasteiger partial charge in [-0.3, -0.25) is 0 Å². The maximum absolute atomic E-state index is 13.7. The van der Waals surface area contributed by atoms with Gasteiger partial charge in [-0.1, -0.05) is 18.2 Å². The van der Waals surface area contributed by atoms with Crippen LogP contribution in [0.1, 0.15) is 5.56 Å². The number of hydrogen-bond donors (Lipinski definition) is 2. The Morgan fingerprint density at radius 1 is 1.09 bits per heavy atom. The molecule has 6 nitrogen and oxygen atoms in total. The van der Waals surface area contributed by atoms with Crippen molar-refractivity contribution in [3.05, 3.63) is 64.3 Å². The van der Waals surface area contributed by atoms with E-state index in [-0.39, 0.29) is 17.0 Å². The van der Waals surface area contributed by atoms with Crippen LogP contribution in [0.3, 0.4) is 0 Å². The number of nitrogens with zero attached hydrogens (tertiary/aromatic N) is 1. The highest BCUT2D eigenvalue weighted by atomic mass is 32.2. The van der Waals surface area contributed by atoms with Gasteiger partial charge in [0.25, 0.3) is 0 Å². The number of aromatic amines is 2. The highest BCUT2D eigenvalue weighted by molar-refractivity contribution is 7.89. The molecule has 0 spiro atoms. The molecule has 0 amide bonds. The van der Waals surface area contributed by atoms with E-state index in [0.29, 0.717) is 11.0 Å². The number of halogens is 1. The van der Waals surface area contributed by atoms with Crippen LogP contribution in [-0.2, 0) is 16.6 Å². The number of H-pyrrole nitrogens is 2. The molecule has 1 heterocycles. The van der Waals surface area contributed by atoms with Gasteiger partial charge in [-0.25, -0.2) is 17.6 Å². The van der Waals surface area contributed by atoms with E-state index >= 15 is 0 Å². The predicted octanol–water partition coefficient (Wildman–Crippen LogP) is 1.82. The Labute approximate surface area is 131 Å². The van der Waals surface area contributed by atoms with Gasteiger partial charge in [-0.15, -0.1) is 0 Å². The van der Waals surface area contributed by atoms with Crippen LogP contribution in [0.4, 0.5) is 4.39 Å². The Morgan fingerprint density at radius 3 is 2.52 bits per heavy atom. The normalized spacial score (nSPS) is 12.1. The summed E-state index contributed by atoms with van der Waals surface area (Å²) in [5.41, 5.74) is 0.796. The summed E-state index contributed by atoms with van der Waals surface area (Å²) in [5, 5.41) is 0. The minimum Gasteiger partial charge on any atom is -0.306 e. The van der Waals surface area contributed by atoms with Crippen molar-refractivity contribution in [2.75, 3.05) is 7.05 Å². The fourth-order valence-corrected chi connectivity index (χ4v) is 3.48. The van der Waals surface area contributed by atoms with E-state index in [0.717, 1.165) is 4.31 Å². The zero-order chi connectivity index (χ0) is 16.6. The first-order valence-electron chi connectivity index (χ1n) is 6.80. The number of rotatable bonds is 4. The van der Waals surface area contributed by atoms with Crippen molar-refractivity contribution in [3.63, 3.8) is 0 Å². The fraction of sp³-hybridized carbons (Fsp3) is 0.133. The van der Waals surface area contributed by atoms with Crippen molar-refractivity contribution < 1.29 is 12.8 Å². The minimum absolute atomic E-state index is 0.0269. The minimum atomic E-state index is -3.81. The molecule has 0 unspecified atom stereocenters. The van der Waals surface area contributed by atoms with Gasteiger partial charge in [0.2, 0.25) is 10.0 Å². The molecule has 0 radical (unpaired) electrons. The SMILES string of the molecule is CN(Cc1ccccc1F)S(=O)(=O)c1ccc2[nH]c(=O)[nH]c2c1. The Balaban J connectivity index is 1.95. The number of hydrogen-bond acceptors (Lipinski definition) is 3. The van der Waals surface area contributed by atoms with Crippen LogP contribution < -0.4 is 5.69 Å². The molecule has 120 valence electrons. The standard InChI is InChI=1S/C15H14FN3O3S/c1-19(9-10-4-2-3-5-12(10)16)23(21,22)11-6-7-13-14(8-11)18-15(20)17-13/h2-8H,9H2,1H3,(H2,17,18,20). The third-order valence-corrected chi connectivity index (χ3v) is 5.35. The number of benzene rings is 2. The molecule has 0 aliphatic carbocycles. The number of nitrogens with one attached hydrogen (secondary N) is 2. The lowest BCUT2D eigenvalue weighted by Crippen LogP contribution is -2.26. The van der Waals surface area contributed by atoms with Gasteiger partial charge in [0.1, 0.15) is 5.82 Å². The topological polar surface area (TPSA) is 86.0 Å². The van der Waals surface area contributed by atoms with E-state index in [4.69, 9.17) is 0 Å². The molecule has 1 aromatic heterocycles. The van der Waals surface area contributed by atoms with Crippen molar-refractivity contribution in [1.29, 1.82) is 0 Å². The van der Waals surface area contributed by atoms with Crippen LogP contribution in [0.25, 0.3) is 11.0 Å². The second kappa shape index (κ2) is 5.64. The molecule has 3 rings (SSSR count). The van der Waals surface area contributed by atoms with Gasteiger partial charge in [0, 0.05) is 19.2 Å². The van der Waals surface area contributed by atoms with Gasteiger partial charge >= 0.3 is 5.69 Å². The van der Waals surface area contributed by atoms with E-state index in [1.54, 1.807) is 12.1 Å². The quantitative estimate of drug-likeness (QED) is 0.762. The first-order valence-corrected chi connectivity index (χ1v) is 8.24. The van der Waals surface area contributed by atoms with Crippen LogP contribution in [-0.4, -0.2) is 29.7 Å². The summed E-state index contributed by atoms with van der Waals surface area (Å²) in [6.07, 6.45) is 0. The molecule has 0 bridgehead atoms. The molecule has 8 heteroatoms.